The number of benzene rings is 1. The molecule has 23 heavy (non-hydrogen) atoms. The third kappa shape index (κ3) is 3.99. The molecule has 1 unspecified atom stereocenters. The molecular weight excluding hydrogens is 286 g/mol. The van der Waals surface area contributed by atoms with Gasteiger partial charge in [0.05, 0.1) is 11.8 Å². The Morgan fingerprint density at radius 3 is 2.87 bits per heavy atom. The molecule has 1 atom stereocenters. The lowest BCUT2D eigenvalue weighted by molar-refractivity contribution is 0.0188. The summed E-state index contributed by atoms with van der Waals surface area (Å²) in [7, 11) is 0. The summed E-state index contributed by atoms with van der Waals surface area (Å²) in [5, 5.41) is 3.32. The number of rotatable bonds is 5. The van der Waals surface area contributed by atoms with Gasteiger partial charge < -0.3 is 20.7 Å². The number of hydrogen-bond donors (Lipinski definition) is 2. The molecule has 0 saturated carbocycles. The molecule has 2 fully saturated rings. The van der Waals surface area contributed by atoms with E-state index in [1.54, 1.807) is 0 Å². The molecule has 0 spiro atoms. The molecule has 2 aliphatic heterocycles. The van der Waals surface area contributed by atoms with Crippen LogP contribution in [0.15, 0.2) is 24.4 Å². The molecule has 0 bridgehead atoms. The molecule has 0 aliphatic carbocycles. The molecule has 126 valence electrons. The van der Waals surface area contributed by atoms with Crippen LogP contribution in [0.2, 0.25) is 0 Å². The Morgan fingerprint density at radius 2 is 2.22 bits per heavy atom. The zero-order valence-corrected chi connectivity index (χ0v) is 14.3. The summed E-state index contributed by atoms with van der Waals surface area (Å²) >= 11 is 0. The summed E-state index contributed by atoms with van der Waals surface area (Å²) < 4.78 is 5.72. The standard InChI is InChI=1S/C19H29N3O/c1-14-12-22(13-14)16-6-7-18(15(2)9-16)19(20)11-21-10-17-5-3-4-8-23-17/h6-7,9,11,14,17,21H,3-5,8,10,12-13,20H2,1-2H3/b19-11-. The Balaban J connectivity index is 1.57. The summed E-state index contributed by atoms with van der Waals surface area (Å²) in [4.78, 5) is 2.42. The zero-order chi connectivity index (χ0) is 16.2. The van der Waals surface area contributed by atoms with Gasteiger partial charge in [-0.3, -0.25) is 0 Å². The van der Waals surface area contributed by atoms with Crippen molar-refractivity contribution in [2.75, 3.05) is 31.1 Å². The van der Waals surface area contributed by atoms with Crippen LogP contribution in [0.3, 0.4) is 0 Å². The van der Waals surface area contributed by atoms with Crippen molar-refractivity contribution in [2.45, 2.75) is 39.2 Å². The van der Waals surface area contributed by atoms with E-state index in [1.165, 1.54) is 24.1 Å². The Hall–Kier alpha value is -1.68. The van der Waals surface area contributed by atoms with E-state index in [0.29, 0.717) is 6.10 Å². The van der Waals surface area contributed by atoms with Crippen molar-refractivity contribution in [3.8, 4) is 0 Å². The first-order chi connectivity index (χ1) is 11.1. The summed E-state index contributed by atoms with van der Waals surface area (Å²) in [5.74, 6) is 0.811. The highest BCUT2D eigenvalue weighted by atomic mass is 16.5. The predicted octanol–water partition coefficient (Wildman–Crippen LogP) is 2.87. The van der Waals surface area contributed by atoms with Gasteiger partial charge in [0, 0.05) is 43.7 Å². The molecule has 2 saturated heterocycles. The molecule has 0 aromatic heterocycles. The van der Waals surface area contributed by atoms with Crippen molar-refractivity contribution in [2.24, 2.45) is 11.7 Å². The van der Waals surface area contributed by atoms with E-state index in [2.05, 4.69) is 42.3 Å². The van der Waals surface area contributed by atoms with Crippen LogP contribution in [0.5, 0.6) is 0 Å². The average Bonchev–Trinajstić information content (AvgIpc) is 2.52. The maximum absolute atomic E-state index is 6.25. The van der Waals surface area contributed by atoms with E-state index in [4.69, 9.17) is 10.5 Å². The van der Waals surface area contributed by atoms with Crippen LogP contribution in [0, 0.1) is 12.8 Å². The number of nitrogens with one attached hydrogen (secondary N) is 1. The largest absolute Gasteiger partial charge is 0.397 e. The van der Waals surface area contributed by atoms with Gasteiger partial charge in [0.1, 0.15) is 0 Å². The minimum absolute atomic E-state index is 0.324. The fourth-order valence-corrected chi connectivity index (χ4v) is 3.42. The van der Waals surface area contributed by atoms with Crippen molar-refractivity contribution in [3.63, 3.8) is 0 Å². The van der Waals surface area contributed by atoms with Crippen molar-refractivity contribution in [3.05, 3.63) is 35.5 Å². The molecule has 4 heteroatoms. The molecule has 3 rings (SSSR count). The Kier molecular flexibility index (Phi) is 5.11. The monoisotopic (exact) mass is 315 g/mol. The van der Waals surface area contributed by atoms with Crippen molar-refractivity contribution >= 4 is 11.4 Å². The SMILES string of the molecule is Cc1cc(N2CC(C)C2)ccc1/C(N)=C/NCC1CCCCO1. The highest BCUT2D eigenvalue weighted by Gasteiger charge is 2.22. The topological polar surface area (TPSA) is 50.5 Å². The van der Waals surface area contributed by atoms with Crippen LogP contribution >= 0.6 is 0 Å². The van der Waals surface area contributed by atoms with Crippen molar-refractivity contribution in [1.82, 2.24) is 5.32 Å². The van der Waals surface area contributed by atoms with Gasteiger partial charge in [0.15, 0.2) is 0 Å². The first kappa shape index (κ1) is 16.2. The van der Waals surface area contributed by atoms with Gasteiger partial charge in [0.2, 0.25) is 0 Å². The highest BCUT2D eigenvalue weighted by Crippen LogP contribution is 2.27. The first-order valence-corrected chi connectivity index (χ1v) is 8.80. The zero-order valence-electron chi connectivity index (χ0n) is 14.3. The van der Waals surface area contributed by atoms with Crippen molar-refractivity contribution < 1.29 is 4.74 Å². The van der Waals surface area contributed by atoms with E-state index in [1.807, 2.05) is 6.20 Å². The lowest BCUT2D eigenvalue weighted by Gasteiger charge is -2.39. The number of aryl methyl sites for hydroxylation is 1. The van der Waals surface area contributed by atoms with Gasteiger partial charge in [-0.25, -0.2) is 0 Å². The second kappa shape index (κ2) is 7.26. The van der Waals surface area contributed by atoms with Crippen LogP contribution in [0.25, 0.3) is 5.70 Å². The lowest BCUT2D eigenvalue weighted by Crippen LogP contribution is -2.45. The molecule has 4 nitrogen and oxygen atoms in total. The van der Waals surface area contributed by atoms with E-state index < -0.39 is 0 Å². The normalized spacial score (nSPS) is 22.8. The Labute approximate surface area is 139 Å². The predicted molar refractivity (Wildman–Crippen MR) is 96.3 cm³/mol. The van der Waals surface area contributed by atoms with E-state index in [-0.39, 0.29) is 0 Å². The number of ether oxygens (including phenoxy) is 1. The second-order valence-electron chi connectivity index (χ2n) is 7.01. The lowest BCUT2D eigenvalue weighted by atomic mass is 9.99. The van der Waals surface area contributed by atoms with Crippen LogP contribution in [-0.4, -0.2) is 32.3 Å². The molecule has 0 amide bonds. The summed E-state index contributed by atoms with van der Waals surface area (Å²) in [6, 6.07) is 6.56. The third-order valence-electron chi connectivity index (χ3n) is 4.83. The van der Waals surface area contributed by atoms with Crippen LogP contribution in [0.4, 0.5) is 5.69 Å². The van der Waals surface area contributed by atoms with Crippen LogP contribution in [-0.2, 0) is 4.74 Å². The van der Waals surface area contributed by atoms with Crippen LogP contribution < -0.4 is 16.0 Å². The average molecular weight is 315 g/mol. The van der Waals surface area contributed by atoms with Gasteiger partial charge in [-0.2, -0.15) is 0 Å². The maximum atomic E-state index is 6.25. The first-order valence-electron chi connectivity index (χ1n) is 8.80. The quantitative estimate of drug-likeness (QED) is 0.877. The molecule has 1 aromatic carbocycles. The number of nitrogens with two attached hydrogens (primary N) is 1. The molecular formula is C19H29N3O. The maximum Gasteiger partial charge on any atom is 0.0747 e. The second-order valence-corrected chi connectivity index (χ2v) is 7.01. The fraction of sp³-hybridized carbons (Fsp3) is 0.579. The summed E-state index contributed by atoms with van der Waals surface area (Å²) in [5.41, 5.74) is 10.7. The minimum atomic E-state index is 0.324. The molecule has 2 aliphatic rings. The molecule has 1 aromatic rings. The summed E-state index contributed by atoms with van der Waals surface area (Å²) in [6.07, 6.45) is 5.84. The fourth-order valence-electron chi connectivity index (χ4n) is 3.42. The minimum Gasteiger partial charge on any atom is -0.397 e. The Bertz CT molecular complexity index is 558. The van der Waals surface area contributed by atoms with E-state index >= 15 is 0 Å². The van der Waals surface area contributed by atoms with E-state index in [9.17, 15) is 0 Å². The van der Waals surface area contributed by atoms with Gasteiger partial charge >= 0.3 is 0 Å². The van der Waals surface area contributed by atoms with Gasteiger partial charge in [-0.1, -0.05) is 13.0 Å². The summed E-state index contributed by atoms with van der Waals surface area (Å²) in [6.45, 7) is 8.47. The van der Waals surface area contributed by atoms with Gasteiger partial charge in [0.25, 0.3) is 0 Å². The Morgan fingerprint density at radius 1 is 1.39 bits per heavy atom. The van der Waals surface area contributed by atoms with Crippen molar-refractivity contribution in [1.29, 1.82) is 0 Å². The number of anilines is 1. The third-order valence-corrected chi connectivity index (χ3v) is 4.83. The molecule has 3 N–H and O–H groups in total. The highest BCUT2D eigenvalue weighted by molar-refractivity contribution is 5.68. The smallest absolute Gasteiger partial charge is 0.0747 e. The number of nitrogens with zero attached hydrogens (tertiary/aromatic N) is 1. The molecule has 0 radical (unpaired) electrons. The van der Waals surface area contributed by atoms with Gasteiger partial charge in [-0.15, -0.1) is 0 Å². The number of hydrogen-bond acceptors (Lipinski definition) is 4. The van der Waals surface area contributed by atoms with Gasteiger partial charge in [-0.05, 0) is 49.8 Å². The van der Waals surface area contributed by atoms with Crippen LogP contribution in [0.1, 0.15) is 37.3 Å². The molecule has 2 heterocycles. The van der Waals surface area contributed by atoms with E-state index in [0.717, 1.165) is 49.8 Å².